The molecule has 0 spiro atoms. The summed E-state index contributed by atoms with van der Waals surface area (Å²) in [7, 11) is -4.24. The Morgan fingerprint density at radius 3 is 2.48 bits per heavy atom. The van der Waals surface area contributed by atoms with Crippen LogP contribution in [0.4, 0.5) is 8.78 Å². The van der Waals surface area contributed by atoms with Crippen molar-refractivity contribution in [1.82, 2.24) is 0 Å². The van der Waals surface area contributed by atoms with Crippen molar-refractivity contribution < 1.29 is 26.7 Å². The fourth-order valence-electron chi connectivity index (χ4n) is 2.33. The van der Waals surface area contributed by atoms with E-state index in [1.807, 2.05) is 0 Å². The Hall–Kier alpha value is -1.54. The number of carbonyl (C=O) groups excluding carboxylic acids is 1. The molecule has 1 fully saturated rings. The molecule has 5 nitrogen and oxygen atoms in total. The minimum atomic E-state index is -4.24. The first-order chi connectivity index (χ1) is 9.79. The van der Waals surface area contributed by atoms with Crippen molar-refractivity contribution in [3.05, 3.63) is 29.3 Å². The van der Waals surface area contributed by atoms with E-state index in [2.05, 4.69) is 0 Å². The molecule has 0 atom stereocenters. The molecular formula is C13H15F2NO4S. The largest absolute Gasteiger partial charge is 0.462 e. The van der Waals surface area contributed by atoms with Gasteiger partial charge in [0.25, 0.3) is 0 Å². The molecule has 116 valence electrons. The van der Waals surface area contributed by atoms with Crippen molar-refractivity contribution in [2.45, 2.75) is 30.6 Å². The topological polar surface area (TPSA) is 86.5 Å². The third-order valence-electron chi connectivity index (χ3n) is 3.48. The summed E-state index contributed by atoms with van der Waals surface area (Å²) in [5.74, 6) is -3.79. The van der Waals surface area contributed by atoms with Gasteiger partial charge in [0.15, 0.2) is 11.6 Å². The second-order valence-electron chi connectivity index (χ2n) is 5.06. The molecular weight excluding hydrogens is 304 g/mol. The van der Waals surface area contributed by atoms with Crippen LogP contribution in [-0.2, 0) is 14.8 Å². The van der Waals surface area contributed by atoms with Gasteiger partial charge in [0, 0.05) is 0 Å². The van der Waals surface area contributed by atoms with E-state index in [0.717, 1.165) is 25.7 Å². The van der Waals surface area contributed by atoms with Gasteiger partial charge in [0.1, 0.15) is 0 Å². The molecule has 0 aliphatic heterocycles. The number of primary sulfonamides is 1. The molecule has 0 aromatic heterocycles. The molecule has 1 saturated carbocycles. The van der Waals surface area contributed by atoms with Crippen molar-refractivity contribution in [2.24, 2.45) is 11.1 Å². The molecule has 1 aromatic carbocycles. The standard InChI is InChI=1S/C13H15F2NO4S/c14-11-6-9(21(16,18)19)5-10(12(11)15)13(17)20-7-8-3-1-2-4-8/h5-6,8H,1-4,7H2,(H2,16,18,19). The average Bonchev–Trinajstić information content (AvgIpc) is 2.91. The third kappa shape index (κ3) is 3.76. The first-order valence-corrected chi connectivity index (χ1v) is 8.02. The van der Waals surface area contributed by atoms with E-state index in [0.29, 0.717) is 12.1 Å². The number of hydrogen-bond acceptors (Lipinski definition) is 4. The second-order valence-corrected chi connectivity index (χ2v) is 6.62. The van der Waals surface area contributed by atoms with Gasteiger partial charge in [-0.15, -0.1) is 0 Å². The maximum Gasteiger partial charge on any atom is 0.341 e. The van der Waals surface area contributed by atoms with Gasteiger partial charge in [-0.1, -0.05) is 12.8 Å². The van der Waals surface area contributed by atoms with Crippen LogP contribution in [0.1, 0.15) is 36.0 Å². The van der Waals surface area contributed by atoms with Gasteiger partial charge >= 0.3 is 5.97 Å². The Morgan fingerprint density at radius 2 is 1.90 bits per heavy atom. The number of benzene rings is 1. The van der Waals surface area contributed by atoms with Crippen molar-refractivity contribution in [3.63, 3.8) is 0 Å². The SMILES string of the molecule is NS(=O)(=O)c1cc(F)c(F)c(C(=O)OCC2CCCC2)c1. The molecule has 0 radical (unpaired) electrons. The zero-order valence-corrected chi connectivity index (χ0v) is 12.0. The fraction of sp³-hybridized carbons (Fsp3) is 0.462. The lowest BCUT2D eigenvalue weighted by atomic mass is 10.1. The van der Waals surface area contributed by atoms with E-state index >= 15 is 0 Å². The van der Waals surface area contributed by atoms with E-state index in [4.69, 9.17) is 9.88 Å². The highest BCUT2D eigenvalue weighted by atomic mass is 32.2. The maximum atomic E-state index is 13.6. The lowest BCUT2D eigenvalue weighted by Gasteiger charge is -2.11. The summed E-state index contributed by atoms with van der Waals surface area (Å²) >= 11 is 0. The van der Waals surface area contributed by atoms with E-state index < -0.39 is 38.1 Å². The second kappa shape index (κ2) is 6.07. The maximum absolute atomic E-state index is 13.6. The highest BCUT2D eigenvalue weighted by Gasteiger charge is 2.23. The lowest BCUT2D eigenvalue weighted by Crippen LogP contribution is -2.17. The first-order valence-electron chi connectivity index (χ1n) is 6.48. The Kier molecular flexibility index (Phi) is 4.58. The van der Waals surface area contributed by atoms with Crippen LogP contribution in [-0.4, -0.2) is 21.0 Å². The summed E-state index contributed by atoms with van der Waals surface area (Å²) in [4.78, 5) is 11.1. The predicted octanol–water partition coefficient (Wildman–Crippen LogP) is 1.96. The number of rotatable bonds is 4. The van der Waals surface area contributed by atoms with Crippen LogP contribution in [0.15, 0.2) is 17.0 Å². The molecule has 2 N–H and O–H groups in total. The van der Waals surface area contributed by atoms with E-state index in [1.165, 1.54) is 0 Å². The summed E-state index contributed by atoms with van der Waals surface area (Å²) in [6, 6.07) is 1.11. The number of esters is 1. The van der Waals surface area contributed by atoms with Crippen LogP contribution in [0.3, 0.4) is 0 Å². The first kappa shape index (κ1) is 15.8. The minimum Gasteiger partial charge on any atom is -0.462 e. The van der Waals surface area contributed by atoms with E-state index in [-0.39, 0.29) is 12.5 Å². The van der Waals surface area contributed by atoms with Gasteiger partial charge in [-0.3, -0.25) is 0 Å². The summed E-state index contributed by atoms with van der Waals surface area (Å²) in [6.07, 6.45) is 3.93. The van der Waals surface area contributed by atoms with Gasteiger partial charge in [-0.2, -0.15) is 0 Å². The fourth-order valence-corrected chi connectivity index (χ4v) is 2.88. The molecule has 21 heavy (non-hydrogen) atoms. The molecule has 1 aromatic rings. The Bertz CT molecular complexity index is 654. The number of halogens is 2. The van der Waals surface area contributed by atoms with Crippen LogP contribution in [0.5, 0.6) is 0 Å². The number of nitrogens with two attached hydrogens (primary N) is 1. The Morgan fingerprint density at radius 1 is 1.29 bits per heavy atom. The number of sulfonamides is 1. The van der Waals surface area contributed by atoms with Crippen molar-refractivity contribution in [3.8, 4) is 0 Å². The quantitative estimate of drug-likeness (QED) is 0.860. The zero-order valence-electron chi connectivity index (χ0n) is 11.1. The van der Waals surface area contributed by atoms with Crippen LogP contribution >= 0.6 is 0 Å². The van der Waals surface area contributed by atoms with Gasteiger partial charge < -0.3 is 4.74 Å². The van der Waals surface area contributed by atoms with Gasteiger partial charge in [-0.05, 0) is 30.9 Å². The third-order valence-corrected chi connectivity index (χ3v) is 4.37. The highest BCUT2D eigenvalue weighted by molar-refractivity contribution is 7.89. The van der Waals surface area contributed by atoms with Gasteiger partial charge in [0.2, 0.25) is 10.0 Å². The van der Waals surface area contributed by atoms with Crippen molar-refractivity contribution >= 4 is 16.0 Å². The highest BCUT2D eigenvalue weighted by Crippen LogP contribution is 2.25. The summed E-state index contributed by atoms with van der Waals surface area (Å²) in [6.45, 7) is 0.111. The molecule has 0 saturated heterocycles. The van der Waals surface area contributed by atoms with E-state index in [1.54, 1.807) is 0 Å². The Labute approximate surface area is 121 Å². The Balaban J connectivity index is 2.21. The lowest BCUT2D eigenvalue weighted by molar-refractivity contribution is 0.0435. The monoisotopic (exact) mass is 319 g/mol. The van der Waals surface area contributed by atoms with Crippen LogP contribution in [0, 0.1) is 17.6 Å². The van der Waals surface area contributed by atoms with Crippen molar-refractivity contribution in [2.75, 3.05) is 6.61 Å². The smallest absolute Gasteiger partial charge is 0.341 e. The van der Waals surface area contributed by atoms with Gasteiger partial charge in [0.05, 0.1) is 17.1 Å². The van der Waals surface area contributed by atoms with E-state index in [9.17, 15) is 22.0 Å². The molecule has 2 rings (SSSR count). The molecule has 0 heterocycles. The summed E-state index contributed by atoms with van der Waals surface area (Å²) in [5.41, 5.74) is -0.767. The van der Waals surface area contributed by atoms with Gasteiger partial charge in [-0.25, -0.2) is 27.1 Å². The molecule has 0 unspecified atom stereocenters. The summed E-state index contributed by atoms with van der Waals surface area (Å²) < 4.78 is 54.3. The molecule has 8 heteroatoms. The molecule has 0 bridgehead atoms. The van der Waals surface area contributed by atoms with Crippen LogP contribution < -0.4 is 5.14 Å². The van der Waals surface area contributed by atoms with Crippen LogP contribution in [0.2, 0.25) is 0 Å². The summed E-state index contributed by atoms with van der Waals surface area (Å²) in [5, 5.41) is 4.85. The van der Waals surface area contributed by atoms with Crippen molar-refractivity contribution in [1.29, 1.82) is 0 Å². The minimum absolute atomic E-state index is 0.111. The normalized spacial score (nSPS) is 16.1. The van der Waals surface area contributed by atoms with Crippen LogP contribution in [0.25, 0.3) is 0 Å². The molecule has 1 aliphatic rings. The number of hydrogen-bond donors (Lipinski definition) is 1. The number of ether oxygens (including phenoxy) is 1. The number of carbonyl (C=O) groups is 1. The molecule has 0 amide bonds. The predicted molar refractivity (Wildman–Crippen MR) is 70.0 cm³/mol. The average molecular weight is 319 g/mol. The molecule has 1 aliphatic carbocycles. The zero-order chi connectivity index (χ0) is 15.6.